The second-order valence-corrected chi connectivity index (χ2v) is 4.73. The smallest absolute Gasteiger partial charge is 0.127 e. The highest BCUT2D eigenvalue weighted by Gasteiger charge is 2.20. The van der Waals surface area contributed by atoms with Crippen LogP contribution in [0.3, 0.4) is 0 Å². The Labute approximate surface area is 109 Å². The van der Waals surface area contributed by atoms with Crippen LogP contribution in [-0.2, 0) is 0 Å². The quantitative estimate of drug-likeness (QED) is 0.885. The van der Waals surface area contributed by atoms with Crippen molar-refractivity contribution in [1.29, 1.82) is 0 Å². The van der Waals surface area contributed by atoms with E-state index in [4.69, 9.17) is 9.47 Å². The molecule has 4 heteroatoms. The lowest BCUT2D eigenvalue weighted by Gasteiger charge is -2.23. The molecule has 1 aromatic carbocycles. The first-order valence-electron chi connectivity index (χ1n) is 6.38. The Morgan fingerprint density at radius 1 is 1.28 bits per heavy atom. The van der Waals surface area contributed by atoms with Crippen molar-refractivity contribution in [3.05, 3.63) is 23.8 Å². The number of methoxy groups -OCH3 is 2. The molecule has 2 rings (SSSR count). The zero-order valence-corrected chi connectivity index (χ0v) is 11.4. The van der Waals surface area contributed by atoms with Gasteiger partial charge in [0.15, 0.2) is 0 Å². The van der Waals surface area contributed by atoms with Gasteiger partial charge >= 0.3 is 0 Å². The van der Waals surface area contributed by atoms with Crippen LogP contribution in [0.25, 0.3) is 0 Å². The highest BCUT2D eigenvalue weighted by molar-refractivity contribution is 5.42. The van der Waals surface area contributed by atoms with Crippen molar-refractivity contribution in [2.24, 2.45) is 0 Å². The van der Waals surface area contributed by atoms with E-state index in [-0.39, 0.29) is 0 Å². The average molecular weight is 250 g/mol. The number of ether oxygens (including phenoxy) is 2. The van der Waals surface area contributed by atoms with E-state index >= 15 is 0 Å². The fourth-order valence-corrected chi connectivity index (χ4v) is 2.41. The third-order valence-corrected chi connectivity index (χ3v) is 3.42. The minimum absolute atomic E-state index is 0.318. The van der Waals surface area contributed by atoms with Gasteiger partial charge in [-0.25, -0.2) is 0 Å². The molecule has 1 aliphatic rings. The highest BCUT2D eigenvalue weighted by Crippen LogP contribution is 2.30. The molecule has 0 bridgehead atoms. The maximum atomic E-state index is 5.48. The molecule has 0 saturated carbocycles. The topological polar surface area (TPSA) is 33.7 Å². The van der Waals surface area contributed by atoms with Crippen molar-refractivity contribution in [3.63, 3.8) is 0 Å². The Hall–Kier alpha value is -1.26. The van der Waals surface area contributed by atoms with E-state index in [0.717, 1.165) is 31.1 Å². The Morgan fingerprint density at radius 2 is 2.11 bits per heavy atom. The number of hydrogen-bond donors (Lipinski definition) is 1. The molecule has 1 aromatic rings. The van der Waals surface area contributed by atoms with Crippen molar-refractivity contribution < 1.29 is 9.47 Å². The predicted octanol–water partition coefficient (Wildman–Crippen LogP) is 1.67. The van der Waals surface area contributed by atoms with E-state index in [0.29, 0.717) is 6.04 Å². The molecular formula is C14H22N2O2. The number of likely N-dealkylation sites (N-methyl/N-ethyl adjacent to an activating group) is 1. The summed E-state index contributed by atoms with van der Waals surface area (Å²) < 4.78 is 10.7. The lowest BCUT2D eigenvalue weighted by molar-refractivity contribution is 0.320. The van der Waals surface area contributed by atoms with Crippen molar-refractivity contribution in [2.45, 2.75) is 12.5 Å². The molecule has 18 heavy (non-hydrogen) atoms. The van der Waals surface area contributed by atoms with Crippen LogP contribution in [-0.4, -0.2) is 45.8 Å². The van der Waals surface area contributed by atoms with Crippen molar-refractivity contribution in [2.75, 3.05) is 40.9 Å². The van der Waals surface area contributed by atoms with Gasteiger partial charge < -0.3 is 19.7 Å². The van der Waals surface area contributed by atoms with E-state index < -0.39 is 0 Å². The maximum Gasteiger partial charge on any atom is 0.127 e. The molecule has 1 N–H and O–H groups in total. The molecule has 1 aliphatic heterocycles. The largest absolute Gasteiger partial charge is 0.497 e. The van der Waals surface area contributed by atoms with Crippen molar-refractivity contribution in [1.82, 2.24) is 10.2 Å². The van der Waals surface area contributed by atoms with Crippen LogP contribution >= 0.6 is 0 Å². The van der Waals surface area contributed by atoms with Crippen LogP contribution in [0.15, 0.2) is 18.2 Å². The predicted molar refractivity (Wildman–Crippen MR) is 72.4 cm³/mol. The van der Waals surface area contributed by atoms with Crippen molar-refractivity contribution >= 4 is 0 Å². The van der Waals surface area contributed by atoms with Crippen LogP contribution < -0.4 is 14.8 Å². The third kappa shape index (κ3) is 2.94. The molecule has 0 spiro atoms. The van der Waals surface area contributed by atoms with E-state index in [1.54, 1.807) is 14.2 Å². The number of hydrogen-bond acceptors (Lipinski definition) is 4. The van der Waals surface area contributed by atoms with Gasteiger partial charge in [0, 0.05) is 24.2 Å². The zero-order chi connectivity index (χ0) is 13.0. The zero-order valence-electron chi connectivity index (χ0n) is 11.4. The minimum atomic E-state index is 0.318. The molecule has 1 unspecified atom stereocenters. The second kappa shape index (κ2) is 6.07. The summed E-state index contributed by atoms with van der Waals surface area (Å²) in [7, 11) is 5.54. The first-order chi connectivity index (χ1) is 8.74. The molecule has 1 heterocycles. The Balaban J connectivity index is 2.25. The fourth-order valence-electron chi connectivity index (χ4n) is 2.41. The summed E-state index contributed by atoms with van der Waals surface area (Å²) in [6.45, 7) is 3.19. The van der Waals surface area contributed by atoms with Gasteiger partial charge in [-0.15, -0.1) is 0 Å². The van der Waals surface area contributed by atoms with Crippen LogP contribution in [0.1, 0.15) is 18.0 Å². The average Bonchev–Trinajstić information content (AvgIpc) is 2.62. The summed E-state index contributed by atoms with van der Waals surface area (Å²) >= 11 is 0. The monoisotopic (exact) mass is 250 g/mol. The SMILES string of the molecule is COc1ccc(C2CN(C)CCCN2)c(OC)c1. The number of rotatable bonds is 3. The van der Waals surface area contributed by atoms with Gasteiger partial charge in [0.1, 0.15) is 11.5 Å². The molecule has 1 fully saturated rings. The number of nitrogens with one attached hydrogen (secondary N) is 1. The Bertz CT molecular complexity index is 395. The van der Waals surface area contributed by atoms with Crippen LogP contribution in [0.4, 0.5) is 0 Å². The minimum Gasteiger partial charge on any atom is -0.497 e. The third-order valence-electron chi connectivity index (χ3n) is 3.42. The molecule has 1 saturated heterocycles. The first-order valence-corrected chi connectivity index (χ1v) is 6.38. The number of nitrogens with zero attached hydrogens (tertiary/aromatic N) is 1. The summed E-state index contributed by atoms with van der Waals surface area (Å²) in [5, 5.41) is 3.58. The molecule has 0 amide bonds. The van der Waals surface area contributed by atoms with Gasteiger partial charge in [-0.05, 0) is 32.6 Å². The normalized spacial score (nSPS) is 21.4. The van der Waals surface area contributed by atoms with Gasteiger partial charge in [0.25, 0.3) is 0 Å². The molecule has 0 aromatic heterocycles. The highest BCUT2D eigenvalue weighted by atomic mass is 16.5. The molecule has 0 aliphatic carbocycles. The molecule has 100 valence electrons. The summed E-state index contributed by atoms with van der Waals surface area (Å²) in [5.74, 6) is 1.72. The fraction of sp³-hybridized carbons (Fsp3) is 0.571. The Kier molecular flexibility index (Phi) is 4.44. The van der Waals surface area contributed by atoms with E-state index in [1.807, 2.05) is 12.1 Å². The van der Waals surface area contributed by atoms with E-state index in [1.165, 1.54) is 12.0 Å². The molecule has 1 atom stereocenters. The van der Waals surface area contributed by atoms with Gasteiger partial charge in [0.2, 0.25) is 0 Å². The molecule has 4 nitrogen and oxygen atoms in total. The lowest BCUT2D eigenvalue weighted by atomic mass is 10.0. The van der Waals surface area contributed by atoms with Crippen LogP contribution in [0.2, 0.25) is 0 Å². The summed E-state index contributed by atoms with van der Waals surface area (Å²) in [6.07, 6.45) is 1.19. The van der Waals surface area contributed by atoms with Gasteiger partial charge in [0.05, 0.1) is 14.2 Å². The first kappa shape index (κ1) is 13.2. The molecule has 0 radical (unpaired) electrons. The maximum absolute atomic E-state index is 5.48. The van der Waals surface area contributed by atoms with Crippen molar-refractivity contribution in [3.8, 4) is 11.5 Å². The van der Waals surface area contributed by atoms with Crippen LogP contribution in [0, 0.1) is 0 Å². The molecular weight excluding hydrogens is 228 g/mol. The van der Waals surface area contributed by atoms with E-state index in [2.05, 4.69) is 23.3 Å². The second-order valence-electron chi connectivity index (χ2n) is 4.73. The summed E-state index contributed by atoms with van der Waals surface area (Å²) in [4.78, 5) is 2.36. The number of benzene rings is 1. The van der Waals surface area contributed by atoms with Gasteiger partial charge in [-0.2, -0.15) is 0 Å². The standard InChI is InChI=1S/C14H22N2O2/c1-16-8-4-7-15-13(10-16)12-6-5-11(17-2)9-14(12)18-3/h5-6,9,13,15H,4,7-8,10H2,1-3H3. The Morgan fingerprint density at radius 3 is 2.83 bits per heavy atom. The summed E-state index contributed by atoms with van der Waals surface area (Å²) in [6, 6.07) is 6.35. The lowest BCUT2D eigenvalue weighted by Crippen LogP contribution is -2.29. The van der Waals surface area contributed by atoms with Crippen LogP contribution in [0.5, 0.6) is 11.5 Å². The summed E-state index contributed by atoms with van der Waals surface area (Å²) in [5.41, 5.74) is 1.20. The van der Waals surface area contributed by atoms with Gasteiger partial charge in [-0.1, -0.05) is 6.07 Å². The van der Waals surface area contributed by atoms with Gasteiger partial charge in [-0.3, -0.25) is 0 Å². The van der Waals surface area contributed by atoms with E-state index in [9.17, 15) is 0 Å².